The summed E-state index contributed by atoms with van der Waals surface area (Å²) in [5.41, 5.74) is 2.55. The Morgan fingerprint density at radius 3 is 2.70 bits per heavy atom. The van der Waals surface area contributed by atoms with Crippen molar-refractivity contribution in [2.75, 3.05) is 11.4 Å². The molecule has 5 rings (SSSR count). The van der Waals surface area contributed by atoms with Crippen molar-refractivity contribution in [3.05, 3.63) is 47.5 Å². The van der Waals surface area contributed by atoms with Gasteiger partial charge in [0.25, 0.3) is 0 Å². The Morgan fingerprint density at radius 2 is 1.91 bits per heavy atom. The molecule has 172 valence electrons. The van der Waals surface area contributed by atoms with Crippen LogP contribution in [0.4, 0.5) is 5.95 Å². The lowest BCUT2D eigenvalue weighted by atomic mass is 10.0. The molecule has 1 atom stereocenters. The highest BCUT2D eigenvalue weighted by atomic mass is 32.2. The SMILES string of the molecule is Cc1nc2ccc(S(=O)(=O)N[C@H](CC(C)C)C(=O)N3CCn4c3nc3ccccc34)cc2s1. The highest BCUT2D eigenvalue weighted by Gasteiger charge is 2.35. The molecule has 0 aliphatic carbocycles. The zero-order valence-corrected chi connectivity index (χ0v) is 20.3. The van der Waals surface area contributed by atoms with E-state index in [1.54, 1.807) is 17.0 Å². The molecule has 0 unspecified atom stereocenters. The van der Waals surface area contributed by atoms with Gasteiger partial charge in [-0.2, -0.15) is 4.72 Å². The summed E-state index contributed by atoms with van der Waals surface area (Å²) in [5, 5.41) is 0.872. The smallest absolute Gasteiger partial charge is 0.247 e. The molecule has 0 radical (unpaired) electrons. The molecule has 3 heterocycles. The number of amides is 1. The number of sulfonamides is 1. The van der Waals surface area contributed by atoms with Crippen molar-refractivity contribution in [1.82, 2.24) is 19.3 Å². The van der Waals surface area contributed by atoms with Crippen LogP contribution < -0.4 is 9.62 Å². The summed E-state index contributed by atoms with van der Waals surface area (Å²) in [7, 11) is -3.91. The van der Waals surface area contributed by atoms with Gasteiger partial charge >= 0.3 is 0 Å². The van der Waals surface area contributed by atoms with E-state index in [1.807, 2.05) is 49.6 Å². The number of nitrogens with one attached hydrogen (secondary N) is 1. The van der Waals surface area contributed by atoms with Crippen molar-refractivity contribution in [2.24, 2.45) is 5.92 Å². The summed E-state index contributed by atoms with van der Waals surface area (Å²) >= 11 is 1.44. The van der Waals surface area contributed by atoms with E-state index < -0.39 is 16.1 Å². The van der Waals surface area contributed by atoms with Crippen LogP contribution in [0.3, 0.4) is 0 Å². The van der Waals surface area contributed by atoms with Gasteiger partial charge in [0.05, 0.1) is 31.2 Å². The van der Waals surface area contributed by atoms with Crippen LogP contribution in [0.1, 0.15) is 25.3 Å². The normalized spacial score (nSPS) is 15.0. The maximum absolute atomic E-state index is 13.6. The number of aryl methyl sites for hydroxylation is 1. The lowest BCUT2D eigenvalue weighted by Crippen LogP contribution is -2.49. The predicted octanol–water partition coefficient (Wildman–Crippen LogP) is 3.69. The summed E-state index contributed by atoms with van der Waals surface area (Å²) in [6, 6.07) is 11.7. The third-order valence-corrected chi connectivity index (χ3v) is 8.17. The van der Waals surface area contributed by atoms with Crippen LogP contribution in [0.2, 0.25) is 0 Å². The van der Waals surface area contributed by atoms with Gasteiger partial charge in [-0.1, -0.05) is 26.0 Å². The topological polar surface area (TPSA) is 97.2 Å². The number of hydrogen-bond donors (Lipinski definition) is 1. The second-order valence-electron chi connectivity index (χ2n) is 8.71. The number of anilines is 1. The second-order valence-corrected chi connectivity index (χ2v) is 11.7. The number of benzene rings is 2. The van der Waals surface area contributed by atoms with E-state index in [2.05, 4.69) is 14.7 Å². The van der Waals surface area contributed by atoms with Crippen LogP contribution in [0, 0.1) is 12.8 Å². The Kier molecular flexibility index (Phi) is 5.46. The highest BCUT2D eigenvalue weighted by molar-refractivity contribution is 7.89. The number of rotatable bonds is 6. The van der Waals surface area contributed by atoms with Gasteiger partial charge in [0, 0.05) is 13.1 Å². The van der Waals surface area contributed by atoms with Gasteiger partial charge in [0.15, 0.2) is 0 Å². The van der Waals surface area contributed by atoms with Crippen LogP contribution in [0.25, 0.3) is 21.3 Å². The molecule has 8 nitrogen and oxygen atoms in total. The first-order chi connectivity index (χ1) is 15.7. The first kappa shape index (κ1) is 22.0. The Labute approximate surface area is 196 Å². The number of fused-ring (bicyclic) bond motifs is 4. The molecule has 33 heavy (non-hydrogen) atoms. The summed E-state index contributed by atoms with van der Waals surface area (Å²) in [6.07, 6.45) is 0.386. The Balaban J connectivity index is 1.45. The minimum absolute atomic E-state index is 0.120. The number of para-hydroxylation sites is 2. The van der Waals surface area contributed by atoms with E-state index in [1.165, 1.54) is 17.4 Å². The largest absolute Gasteiger partial charge is 0.308 e. The number of nitrogens with zero attached hydrogens (tertiary/aromatic N) is 4. The minimum Gasteiger partial charge on any atom is -0.308 e. The minimum atomic E-state index is -3.91. The molecule has 2 aromatic heterocycles. The molecule has 0 fully saturated rings. The number of aromatic nitrogens is 3. The lowest BCUT2D eigenvalue weighted by molar-refractivity contribution is -0.120. The summed E-state index contributed by atoms with van der Waals surface area (Å²) in [6.45, 7) is 6.93. The zero-order valence-electron chi connectivity index (χ0n) is 18.6. The van der Waals surface area contributed by atoms with Gasteiger partial charge in [-0.15, -0.1) is 11.3 Å². The number of imidazole rings is 1. The van der Waals surface area contributed by atoms with Crippen LogP contribution in [-0.2, 0) is 21.4 Å². The zero-order chi connectivity index (χ0) is 23.3. The molecule has 0 saturated carbocycles. The maximum atomic E-state index is 13.6. The van der Waals surface area contributed by atoms with Gasteiger partial charge < -0.3 is 4.57 Å². The predicted molar refractivity (Wildman–Crippen MR) is 130 cm³/mol. The van der Waals surface area contributed by atoms with E-state index in [0.29, 0.717) is 25.5 Å². The van der Waals surface area contributed by atoms with Gasteiger partial charge in [0.2, 0.25) is 21.9 Å². The molecule has 0 saturated heterocycles. The number of thiazole rings is 1. The summed E-state index contributed by atoms with van der Waals surface area (Å²) < 4.78 is 32.0. The van der Waals surface area contributed by atoms with E-state index in [4.69, 9.17) is 0 Å². The Morgan fingerprint density at radius 1 is 1.12 bits per heavy atom. The quantitative estimate of drug-likeness (QED) is 0.451. The molecule has 4 aromatic rings. The number of carbonyl (C=O) groups excluding carboxylic acids is 1. The first-order valence-corrected chi connectivity index (χ1v) is 13.2. The molecule has 1 aliphatic heterocycles. The van der Waals surface area contributed by atoms with Gasteiger partial charge in [-0.05, 0) is 49.6 Å². The molecule has 1 aliphatic rings. The fourth-order valence-electron chi connectivity index (χ4n) is 4.30. The van der Waals surface area contributed by atoms with E-state index >= 15 is 0 Å². The van der Waals surface area contributed by atoms with Gasteiger partial charge in [0.1, 0.15) is 6.04 Å². The third kappa shape index (κ3) is 4.03. The van der Waals surface area contributed by atoms with E-state index in [9.17, 15) is 13.2 Å². The molecule has 10 heteroatoms. The fourth-order valence-corrected chi connectivity index (χ4v) is 6.47. The van der Waals surface area contributed by atoms with Crippen molar-refractivity contribution < 1.29 is 13.2 Å². The molecular weight excluding hydrogens is 458 g/mol. The van der Waals surface area contributed by atoms with Gasteiger partial charge in [-0.3, -0.25) is 9.69 Å². The monoisotopic (exact) mass is 483 g/mol. The summed E-state index contributed by atoms with van der Waals surface area (Å²) in [5.74, 6) is 0.404. The number of hydrogen-bond acceptors (Lipinski definition) is 6. The van der Waals surface area contributed by atoms with Crippen molar-refractivity contribution in [3.8, 4) is 0 Å². The lowest BCUT2D eigenvalue weighted by Gasteiger charge is -2.24. The number of carbonyl (C=O) groups is 1. The molecule has 1 amide bonds. The Hall–Kier alpha value is -2.82. The van der Waals surface area contributed by atoms with E-state index in [-0.39, 0.29) is 16.7 Å². The molecule has 0 bridgehead atoms. The van der Waals surface area contributed by atoms with Gasteiger partial charge in [-0.25, -0.2) is 18.4 Å². The van der Waals surface area contributed by atoms with Crippen molar-refractivity contribution in [2.45, 2.75) is 44.7 Å². The average Bonchev–Trinajstić information content (AvgIpc) is 3.43. The van der Waals surface area contributed by atoms with Crippen LogP contribution in [-0.4, -0.2) is 41.4 Å². The molecule has 1 N–H and O–H groups in total. The molecule has 2 aromatic carbocycles. The van der Waals surface area contributed by atoms with Crippen molar-refractivity contribution in [1.29, 1.82) is 0 Å². The maximum Gasteiger partial charge on any atom is 0.247 e. The fraction of sp³-hybridized carbons (Fsp3) is 0.348. The van der Waals surface area contributed by atoms with Crippen LogP contribution in [0.5, 0.6) is 0 Å². The van der Waals surface area contributed by atoms with Crippen LogP contribution >= 0.6 is 11.3 Å². The van der Waals surface area contributed by atoms with Crippen LogP contribution in [0.15, 0.2) is 47.4 Å². The molecule has 0 spiro atoms. The summed E-state index contributed by atoms with van der Waals surface area (Å²) in [4.78, 5) is 24.3. The van der Waals surface area contributed by atoms with E-state index in [0.717, 1.165) is 26.3 Å². The first-order valence-electron chi connectivity index (χ1n) is 10.9. The third-order valence-electron chi connectivity index (χ3n) is 5.77. The van der Waals surface area contributed by atoms with Crippen molar-refractivity contribution in [3.63, 3.8) is 0 Å². The average molecular weight is 484 g/mol. The highest BCUT2D eigenvalue weighted by Crippen LogP contribution is 2.29. The molecular formula is C23H25N5O3S2. The second kappa shape index (κ2) is 8.19. The van der Waals surface area contributed by atoms with Crippen molar-refractivity contribution >= 4 is 54.5 Å². The Bertz CT molecular complexity index is 1470. The standard InChI is InChI=1S/C23H25N5O3S2/c1-14(2)12-19(26-33(30,31)16-8-9-18-21(13-16)32-15(3)24-18)22(29)28-11-10-27-20-7-5-4-6-17(20)25-23(27)28/h4-9,13-14,19,26H,10-12H2,1-3H3/t19-/m1/s1.